The number of carbonyl (C=O) groups is 3. The molecule has 6 nitrogen and oxygen atoms in total. The van der Waals surface area contributed by atoms with E-state index in [1.165, 1.54) is 12.0 Å². The molecule has 2 unspecified atom stereocenters. The first-order chi connectivity index (χ1) is 10.0. The van der Waals surface area contributed by atoms with Gasteiger partial charge in [0.2, 0.25) is 11.8 Å². The largest absolute Gasteiger partial charge is 0.469 e. The van der Waals surface area contributed by atoms with Crippen molar-refractivity contribution in [3.63, 3.8) is 0 Å². The summed E-state index contributed by atoms with van der Waals surface area (Å²) in [5.41, 5.74) is 0.934. The number of methoxy groups -OCH3 is 1. The van der Waals surface area contributed by atoms with Gasteiger partial charge in [0.05, 0.1) is 13.5 Å². The highest BCUT2D eigenvalue weighted by molar-refractivity contribution is 5.98. The first-order valence-corrected chi connectivity index (χ1v) is 6.74. The van der Waals surface area contributed by atoms with E-state index < -0.39 is 18.1 Å². The summed E-state index contributed by atoms with van der Waals surface area (Å²) in [4.78, 5) is 37.2. The van der Waals surface area contributed by atoms with Gasteiger partial charge in [-0.05, 0) is 12.5 Å². The number of nitrogens with one attached hydrogen (secondary N) is 1. The van der Waals surface area contributed by atoms with E-state index >= 15 is 0 Å². The lowest BCUT2D eigenvalue weighted by atomic mass is 10.0. The molecule has 0 saturated carbocycles. The fourth-order valence-electron chi connectivity index (χ4n) is 2.27. The first-order valence-electron chi connectivity index (χ1n) is 6.74. The van der Waals surface area contributed by atoms with Gasteiger partial charge >= 0.3 is 5.97 Å². The lowest BCUT2D eigenvalue weighted by molar-refractivity contribution is -0.153. The van der Waals surface area contributed by atoms with Crippen LogP contribution in [0.25, 0.3) is 0 Å². The quantitative estimate of drug-likeness (QED) is 0.818. The molecule has 0 spiro atoms. The smallest absolute Gasteiger partial charge is 0.308 e. The van der Waals surface area contributed by atoms with Crippen LogP contribution in [0.1, 0.15) is 18.9 Å². The molecule has 2 amide bonds. The Labute approximate surface area is 123 Å². The highest BCUT2D eigenvalue weighted by atomic mass is 16.5. The third-order valence-electron chi connectivity index (χ3n) is 3.54. The topological polar surface area (TPSA) is 75.7 Å². The molecule has 0 radical (unpaired) electrons. The summed E-state index contributed by atoms with van der Waals surface area (Å²) in [6.07, 6.45) is -0.154. The van der Waals surface area contributed by atoms with Gasteiger partial charge in [0.25, 0.3) is 0 Å². The zero-order valence-electron chi connectivity index (χ0n) is 12.0. The number of benzene rings is 1. The molecule has 1 heterocycles. The van der Waals surface area contributed by atoms with Gasteiger partial charge < -0.3 is 15.0 Å². The van der Waals surface area contributed by atoms with Crippen LogP contribution in [0.4, 0.5) is 0 Å². The Hall–Kier alpha value is -2.37. The van der Waals surface area contributed by atoms with Gasteiger partial charge in [0, 0.05) is 6.54 Å². The second-order valence-electron chi connectivity index (χ2n) is 4.97. The molecule has 1 aromatic carbocycles. The fourth-order valence-corrected chi connectivity index (χ4v) is 2.27. The summed E-state index contributed by atoms with van der Waals surface area (Å²) in [6, 6.07) is 8.00. The monoisotopic (exact) mass is 290 g/mol. The van der Waals surface area contributed by atoms with Crippen molar-refractivity contribution in [3.8, 4) is 0 Å². The van der Waals surface area contributed by atoms with Gasteiger partial charge in [-0.15, -0.1) is 0 Å². The molecule has 1 N–H and O–H groups in total. The highest BCUT2D eigenvalue weighted by Crippen LogP contribution is 2.16. The number of amides is 2. The van der Waals surface area contributed by atoms with Gasteiger partial charge in [0.1, 0.15) is 12.1 Å². The van der Waals surface area contributed by atoms with Crippen LogP contribution in [0.3, 0.4) is 0 Å². The minimum absolute atomic E-state index is 0.154. The van der Waals surface area contributed by atoms with E-state index in [-0.39, 0.29) is 18.2 Å². The summed E-state index contributed by atoms with van der Waals surface area (Å²) in [5, 5.41) is 2.57. The Morgan fingerprint density at radius 1 is 1.29 bits per heavy atom. The van der Waals surface area contributed by atoms with Crippen molar-refractivity contribution in [3.05, 3.63) is 35.9 Å². The maximum Gasteiger partial charge on any atom is 0.308 e. The van der Waals surface area contributed by atoms with E-state index in [1.807, 2.05) is 30.3 Å². The van der Waals surface area contributed by atoms with Crippen LogP contribution in [-0.2, 0) is 25.7 Å². The number of carbonyl (C=O) groups excluding carboxylic acids is 3. The second-order valence-corrected chi connectivity index (χ2v) is 4.97. The molecule has 21 heavy (non-hydrogen) atoms. The molecule has 2 rings (SSSR count). The Morgan fingerprint density at radius 2 is 1.95 bits per heavy atom. The normalized spacial score (nSPS) is 21.9. The molecule has 1 aliphatic rings. The molecule has 1 aliphatic heterocycles. The van der Waals surface area contributed by atoms with Crippen molar-refractivity contribution < 1.29 is 19.1 Å². The molecule has 6 heteroatoms. The third kappa shape index (κ3) is 3.39. The van der Waals surface area contributed by atoms with Gasteiger partial charge in [-0.3, -0.25) is 14.4 Å². The SMILES string of the molecule is COC(=O)CC1NC(=O)C(C)N(Cc2ccccc2)C1=O. The van der Waals surface area contributed by atoms with E-state index in [9.17, 15) is 14.4 Å². The van der Waals surface area contributed by atoms with Gasteiger partial charge in [-0.1, -0.05) is 30.3 Å². The number of piperazine rings is 1. The standard InChI is InChI=1S/C15H18N2O4/c1-10-14(19)16-12(8-13(18)21-2)15(20)17(10)9-11-6-4-3-5-7-11/h3-7,10,12H,8-9H2,1-2H3,(H,16,19). The van der Waals surface area contributed by atoms with E-state index in [2.05, 4.69) is 10.1 Å². The summed E-state index contributed by atoms with van der Waals surface area (Å²) in [5.74, 6) is -1.06. The molecular formula is C15H18N2O4. The fraction of sp³-hybridized carbons (Fsp3) is 0.400. The Balaban J connectivity index is 2.15. The van der Waals surface area contributed by atoms with Crippen LogP contribution in [0, 0.1) is 0 Å². The zero-order chi connectivity index (χ0) is 15.4. The van der Waals surface area contributed by atoms with E-state index in [0.29, 0.717) is 6.54 Å². The molecule has 1 saturated heterocycles. The number of rotatable bonds is 4. The van der Waals surface area contributed by atoms with Crippen LogP contribution in [-0.4, -0.2) is 41.9 Å². The number of esters is 1. The van der Waals surface area contributed by atoms with E-state index in [1.54, 1.807) is 6.92 Å². The average molecular weight is 290 g/mol. The van der Waals surface area contributed by atoms with Crippen molar-refractivity contribution in [2.45, 2.75) is 32.0 Å². The average Bonchev–Trinajstić information content (AvgIpc) is 2.50. The lowest BCUT2D eigenvalue weighted by Crippen LogP contribution is -2.62. The minimum Gasteiger partial charge on any atom is -0.469 e. The molecule has 0 aromatic heterocycles. The number of nitrogens with zero attached hydrogens (tertiary/aromatic N) is 1. The summed E-state index contributed by atoms with van der Waals surface area (Å²) in [7, 11) is 1.25. The van der Waals surface area contributed by atoms with Crippen LogP contribution in [0.5, 0.6) is 0 Å². The van der Waals surface area contributed by atoms with Crippen LogP contribution in [0.15, 0.2) is 30.3 Å². The second kappa shape index (κ2) is 6.39. The third-order valence-corrected chi connectivity index (χ3v) is 3.54. The molecule has 1 fully saturated rings. The minimum atomic E-state index is -0.857. The molecule has 2 atom stereocenters. The summed E-state index contributed by atoms with van der Waals surface area (Å²) in [6.45, 7) is 2.01. The number of hydrogen-bond donors (Lipinski definition) is 1. The molecule has 112 valence electrons. The first kappa shape index (κ1) is 15.0. The Morgan fingerprint density at radius 3 is 2.57 bits per heavy atom. The van der Waals surface area contributed by atoms with Crippen molar-refractivity contribution >= 4 is 17.8 Å². The predicted octanol–water partition coefficient (Wildman–Crippen LogP) is 0.465. The lowest BCUT2D eigenvalue weighted by Gasteiger charge is -2.37. The van der Waals surface area contributed by atoms with Crippen molar-refractivity contribution in [2.24, 2.45) is 0 Å². The zero-order valence-corrected chi connectivity index (χ0v) is 12.0. The Bertz CT molecular complexity index is 542. The number of hydrogen-bond acceptors (Lipinski definition) is 4. The van der Waals surface area contributed by atoms with Crippen molar-refractivity contribution in [1.82, 2.24) is 10.2 Å². The molecule has 0 bridgehead atoms. The molecule has 0 aliphatic carbocycles. The molecule has 1 aromatic rings. The van der Waals surface area contributed by atoms with E-state index in [0.717, 1.165) is 5.56 Å². The highest BCUT2D eigenvalue weighted by Gasteiger charge is 2.39. The molecular weight excluding hydrogens is 272 g/mol. The maximum absolute atomic E-state index is 12.4. The number of ether oxygens (including phenoxy) is 1. The van der Waals surface area contributed by atoms with E-state index in [4.69, 9.17) is 0 Å². The van der Waals surface area contributed by atoms with Crippen molar-refractivity contribution in [2.75, 3.05) is 7.11 Å². The Kier molecular flexibility index (Phi) is 4.57. The van der Waals surface area contributed by atoms with Gasteiger partial charge in [0.15, 0.2) is 0 Å². The predicted molar refractivity (Wildman–Crippen MR) is 75.0 cm³/mol. The maximum atomic E-state index is 12.4. The van der Waals surface area contributed by atoms with Crippen molar-refractivity contribution in [1.29, 1.82) is 0 Å². The van der Waals surface area contributed by atoms with Crippen LogP contribution >= 0.6 is 0 Å². The van der Waals surface area contributed by atoms with Crippen LogP contribution < -0.4 is 5.32 Å². The summed E-state index contributed by atoms with van der Waals surface area (Å²) < 4.78 is 4.56. The summed E-state index contributed by atoms with van der Waals surface area (Å²) >= 11 is 0. The van der Waals surface area contributed by atoms with Gasteiger partial charge in [-0.25, -0.2) is 0 Å². The van der Waals surface area contributed by atoms with Gasteiger partial charge in [-0.2, -0.15) is 0 Å². The van der Waals surface area contributed by atoms with Crippen LogP contribution in [0.2, 0.25) is 0 Å².